The number of hydrogen-bond acceptors (Lipinski definition) is 5. The lowest BCUT2D eigenvalue weighted by molar-refractivity contribution is -0.134. The van der Waals surface area contributed by atoms with Gasteiger partial charge in [0.25, 0.3) is 0 Å². The monoisotopic (exact) mass is 403 g/mol. The summed E-state index contributed by atoms with van der Waals surface area (Å²) in [5, 5.41) is 0. The van der Waals surface area contributed by atoms with E-state index in [1.54, 1.807) is 59.9 Å². The molecule has 1 saturated heterocycles. The van der Waals surface area contributed by atoms with Crippen LogP contribution in [0.4, 0.5) is 0 Å². The van der Waals surface area contributed by atoms with Crippen LogP contribution in [0.2, 0.25) is 0 Å². The van der Waals surface area contributed by atoms with Crippen LogP contribution in [0.5, 0.6) is 11.5 Å². The number of methoxy groups -OCH3 is 1. The van der Waals surface area contributed by atoms with Crippen molar-refractivity contribution in [3.05, 3.63) is 54.1 Å². The highest BCUT2D eigenvalue weighted by Crippen LogP contribution is 2.21. The van der Waals surface area contributed by atoms with Gasteiger partial charge in [0.1, 0.15) is 11.5 Å². The average molecular weight is 404 g/mol. The topological polar surface area (TPSA) is 72.9 Å². The minimum atomic E-state index is -3.43. The fraction of sp³-hybridized carbons (Fsp3) is 0.381. The highest BCUT2D eigenvalue weighted by atomic mass is 32.2. The lowest BCUT2D eigenvalue weighted by Gasteiger charge is -2.25. The van der Waals surface area contributed by atoms with Crippen LogP contribution in [-0.4, -0.2) is 38.9 Å². The summed E-state index contributed by atoms with van der Waals surface area (Å²) in [4.78, 5) is 12.3. The van der Waals surface area contributed by atoms with Gasteiger partial charge in [-0.3, -0.25) is 4.79 Å². The molecule has 1 aliphatic heterocycles. The van der Waals surface area contributed by atoms with Crippen molar-refractivity contribution in [1.82, 2.24) is 4.31 Å². The Kier molecular flexibility index (Phi) is 6.70. The molecule has 7 heteroatoms. The molecule has 0 atom stereocenters. The summed E-state index contributed by atoms with van der Waals surface area (Å²) in [5.74, 6) is 0.823. The second-order valence-electron chi connectivity index (χ2n) is 6.76. The molecule has 0 bridgehead atoms. The molecule has 0 saturated carbocycles. The van der Waals surface area contributed by atoms with Crippen LogP contribution in [0, 0.1) is 0 Å². The van der Waals surface area contributed by atoms with Crippen LogP contribution in [-0.2, 0) is 21.2 Å². The third-order valence-corrected chi connectivity index (χ3v) is 6.70. The second-order valence-corrected chi connectivity index (χ2v) is 8.70. The van der Waals surface area contributed by atoms with Crippen LogP contribution >= 0.6 is 0 Å². The fourth-order valence-electron chi connectivity index (χ4n) is 3.16. The summed E-state index contributed by atoms with van der Waals surface area (Å²) < 4.78 is 37.2. The third kappa shape index (κ3) is 5.11. The number of aryl methyl sites for hydroxylation is 1. The first-order valence-corrected chi connectivity index (χ1v) is 10.9. The van der Waals surface area contributed by atoms with Gasteiger partial charge < -0.3 is 9.47 Å². The van der Waals surface area contributed by atoms with Gasteiger partial charge in [-0.15, -0.1) is 0 Å². The summed E-state index contributed by atoms with van der Waals surface area (Å²) >= 11 is 0. The van der Waals surface area contributed by atoms with E-state index in [2.05, 4.69) is 0 Å². The van der Waals surface area contributed by atoms with Gasteiger partial charge in [-0.2, -0.15) is 4.31 Å². The van der Waals surface area contributed by atoms with Crippen molar-refractivity contribution in [2.45, 2.75) is 37.0 Å². The van der Waals surface area contributed by atoms with Crippen LogP contribution in [0.3, 0.4) is 0 Å². The Labute approximate surface area is 166 Å². The Morgan fingerprint density at radius 3 is 2.14 bits per heavy atom. The molecule has 1 fully saturated rings. The van der Waals surface area contributed by atoms with E-state index in [0.29, 0.717) is 35.9 Å². The molecule has 0 unspecified atom stereocenters. The Bertz CT molecular complexity index is 885. The number of carbonyl (C=O) groups excluding carboxylic acids is 1. The van der Waals surface area contributed by atoms with Crippen LogP contribution < -0.4 is 9.47 Å². The number of esters is 1. The number of nitrogens with zero attached hydrogens (tertiary/aromatic N) is 1. The van der Waals surface area contributed by atoms with Crippen molar-refractivity contribution < 1.29 is 22.7 Å². The Morgan fingerprint density at radius 2 is 1.54 bits per heavy atom. The van der Waals surface area contributed by atoms with Crippen molar-refractivity contribution in [2.24, 2.45) is 0 Å². The highest BCUT2D eigenvalue weighted by molar-refractivity contribution is 7.89. The molecular weight excluding hydrogens is 378 g/mol. The fourth-order valence-corrected chi connectivity index (χ4v) is 4.67. The van der Waals surface area contributed by atoms with E-state index in [-0.39, 0.29) is 12.4 Å². The molecule has 0 spiro atoms. The molecule has 0 aliphatic carbocycles. The van der Waals surface area contributed by atoms with E-state index in [1.807, 2.05) is 0 Å². The molecule has 28 heavy (non-hydrogen) atoms. The summed E-state index contributed by atoms with van der Waals surface area (Å²) in [6, 6.07) is 13.6. The van der Waals surface area contributed by atoms with Crippen molar-refractivity contribution in [1.29, 1.82) is 0 Å². The first-order chi connectivity index (χ1) is 13.5. The zero-order chi connectivity index (χ0) is 20.0. The van der Waals surface area contributed by atoms with E-state index in [4.69, 9.17) is 9.47 Å². The lowest BCUT2D eigenvalue weighted by Crippen LogP contribution is -2.35. The molecule has 0 aromatic heterocycles. The number of carbonyl (C=O) groups is 1. The van der Waals surface area contributed by atoms with E-state index in [9.17, 15) is 13.2 Å². The number of benzene rings is 2. The summed E-state index contributed by atoms with van der Waals surface area (Å²) in [6.07, 6.45) is 3.60. The van der Waals surface area contributed by atoms with E-state index >= 15 is 0 Å². The molecular formula is C21H25NO5S. The zero-order valence-corrected chi connectivity index (χ0v) is 16.8. The third-order valence-electron chi connectivity index (χ3n) is 4.79. The maximum atomic E-state index is 12.7. The molecule has 0 N–H and O–H groups in total. The van der Waals surface area contributed by atoms with Crippen LogP contribution in [0.15, 0.2) is 53.4 Å². The number of ether oxygens (including phenoxy) is 2. The highest BCUT2D eigenvalue weighted by Gasteiger charge is 2.25. The molecule has 2 aromatic carbocycles. The van der Waals surface area contributed by atoms with E-state index < -0.39 is 10.0 Å². The van der Waals surface area contributed by atoms with Gasteiger partial charge >= 0.3 is 5.97 Å². The Morgan fingerprint density at radius 1 is 0.929 bits per heavy atom. The molecule has 0 radical (unpaired) electrons. The number of hydrogen-bond donors (Lipinski definition) is 0. The van der Waals surface area contributed by atoms with Crippen molar-refractivity contribution in [3.8, 4) is 11.5 Å². The van der Waals surface area contributed by atoms with Crippen molar-refractivity contribution in [2.75, 3.05) is 20.2 Å². The molecule has 2 aromatic rings. The SMILES string of the molecule is COc1ccc(OC(=O)CCc2ccc(S(=O)(=O)N3CCCCC3)cc2)cc1. The summed E-state index contributed by atoms with van der Waals surface area (Å²) in [6.45, 7) is 1.17. The maximum Gasteiger partial charge on any atom is 0.311 e. The van der Waals surface area contributed by atoms with E-state index in [0.717, 1.165) is 24.8 Å². The quantitative estimate of drug-likeness (QED) is 0.523. The molecule has 6 nitrogen and oxygen atoms in total. The van der Waals surface area contributed by atoms with Gasteiger partial charge in [0.15, 0.2) is 0 Å². The molecule has 0 amide bonds. The lowest BCUT2D eigenvalue weighted by atomic mass is 10.1. The second kappa shape index (κ2) is 9.21. The molecule has 3 rings (SSSR count). The maximum absolute atomic E-state index is 12.7. The predicted octanol–water partition coefficient (Wildman–Crippen LogP) is 3.41. The van der Waals surface area contributed by atoms with Crippen molar-refractivity contribution >= 4 is 16.0 Å². The van der Waals surface area contributed by atoms with Gasteiger partial charge in [0, 0.05) is 19.5 Å². The number of rotatable bonds is 7. The minimum Gasteiger partial charge on any atom is -0.497 e. The number of piperidine rings is 1. The first-order valence-electron chi connectivity index (χ1n) is 9.43. The van der Waals surface area contributed by atoms with Gasteiger partial charge in [0.05, 0.1) is 12.0 Å². The van der Waals surface area contributed by atoms with Crippen molar-refractivity contribution in [3.63, 3.8) is 0 Å². The van der Waals surface area contributed by atoms with Gasteiger partial charge in [0.2, 0.25) is 10.0 Å². The van der Waals surface area contributed by atoms with Crippen LogP contribution in [0.1, 0.15) is 31.2 Å². The molecule has 150 valence electrons. The largest absolute Gasteiger partial charge is 0.497 e. The molecule has 1 heterocycles. The number of sulfonamides is 1. The normalized spacial score (nSPS) is 15.2. The van der Waals surface area contributed by atoms with Gasteiger partial charge in [-0.05, 0) is 61.2 Å². The van der Waals surface area contributed by atoms with Gasteiger partial charge in [-0.25, -0.2) is 8.42 Å². The Hall–Kier alpha value is -2.38. The predicted molar refractivity (Wildman–Crippen MR) is 106 cm³/mol. The summed E-state index contributed by atoms with van der Waals surface area (Å²) in [5.41, 5.74) is 0.893. The standard InChI is InChI=1S/C21H25NO5S/c1-26-18-8-10-19(11-9-18)27-21(23)14-7-17-5-12-20(13-6-17)28(24,25)22-15-3-2-4-16-22/h5-6,8-13H,2-4,7,14-16H2,1H3. The van der Waals surface area contributed by atoms with Gasteiger partial charge in [-0.1, -0.05) is 18.6 Å². The Balaban J connectivity index is 1.54. The molecule has 1 aliphatic rings. The first kappa shape index (κ1) is 20.4. The minimum absolute atomic E-state index is 0.213. The van der Waals surface area contributed by atoms with Crippen LogP contribution in [0.25, 0.3) is 0 Å². The average Bonchev–Trinajstić information content (AvgIpc) is 2.74. The summed E-state index contributed by atoms with van der Waals surface area (Å²) in [7, 11) is -1.85. The smallest absolute Gasteiger partial charge is 0.311 e. The zero-order valence-electron chi connectivity index (χ0n) is 16.0. The van der Waals surface area contributed by atoms with E-state index in [1.165, 1.54) is 0 Å².